The molecule has 1 saturated carbocycles. The molecule has 3 rings (SSSR count). The molecule has 2 heterocycles. The van der Waals surface area contributed by atoms with Gasteiger partial charge in [0.1, 0.15) is 0 Å². The lowest BCUT2D eigenvalue weighted by atomic mass is 9.85. The van der Waals surface area contributed by atoms with Gasteiger partial charge in [0.2, 0.25) is 0 Å². The monoisotopic (exact) mass is 349 g/mol. The van der Waals surface area contributed by atoms with Crippen molar-refractivity contribution in [2.24, 2.45) is 7.05 Å². The van der Waals surface area contributed by atoms with Crippen LogP contribution in [0.4, 0.5) is 0 Å². The van der Waals surface area contributed by atoms with Crippen molar-refractivity contribution in [2.45, 2.75) is 57.0 Å². The first kappa shape index (κ1) is 17.5. The molecule has 1 aliphatic carbocycles. The number of hydrogen-bond acceptors (Lipinski definition) is 4. The summed E-state index contributed by atoms with van der Waals surface area (Å²) in [6.07, 6.45) is 14.6. The fourth-order valence-corrected chi connectivity index (χ4v) is 5.87. The van der Waals surface area contributed by atoms with Crippen LogP contribution in [0.1, 0.15) is 55.7 Å². The van der Waals surface area contributed by atoms with Crippen molar-refractivity contribution in [3.8, 4) is 12.3 Å². The number of terminal acetylenes is 1. The Kier molecular flexibility index (Phi) is 5.31. The zero-order valence-electron chi connectivity index (χ0n) is 14.4. The van der Waals surface area contributed by atoms with E-state index in [-0.39, 0.29) is 17.5 Å². The molecule has 0 spiro atoms. The van der Waals surface area contributed by atoms with Gasteiger partial charge in [0.05, 0.1) is 23.7 Å². The third-order valence-electron chi connectivity index (χ3n) is 5.32. The highest BCUT2D eigenvalue weighted by Crippen LogP contribution is 2.34. The largest absolute Gasteiger partial charge is 0.284 e. The number of sulfone groups is 1. The third kappa shape index (κ3) is 4.01. The number of hydrogen-bond donors (Lipinski definition) is 0. The fourth-order valence-electron chi connectivity index (χ4n) is 4.11. The Labute approximate surface area is 145 Å². The van der Waals surface area contributed by atoms with E-state index < -0.39 is 9.84 Å². The molecule has 0 radical (unpaired) electrons. The van der Waals surface area contributed by atoms with Gasteiger partial charge in [-0.05, 0) is 19.3 Å². The van der Waals surface area contributed by atoms with Crippen molar-refractivity contribution in [1.82, 2.24) is 14.7 Å². The van der Waals surface area contributed by atoms with Gasteiger partial charge in [0, 0.05) is 37.3 Å². The van der Waals surface area contributed by atoms with Crippen molar-refractivity contribution in [1.29, 1.82) is 0 Å². The molecule has 0 aromatic carbocycles. The van der Waals surface area contributed by atoms with Gasteiger partial charge in [0.15, 0.2) is 9.84 Å². The molecule has 0 N–H and O–H groups in total. The second-order valence-corrected chi connectivity index (χ2v) is 9.44. The van der Waals surface area contributed by atoms with E-state index in [2.05, 4.69) is 17.0 Å². The van der Waals surface area contributed by atoms with Crippen LogP contribution in [-0.2, 0) is 23.4 Å². The standard InChI is InChI=1S/C18H27N3O2S/c1-3-10-21(17-9-11-24(22,23)14-17)13-16-12-20(2)19-18(16)15-7-5-4-6-8-15/h1,12,15,17H,4-11,13-14H2,2H3. The Morgan fingerprint density at radius 1 is 1.33 bits per heavy atom. The summed E-state index contributed by atoms with van der Waals surface area (Å²) in [5.74, 6) is 3.75. The second kappa shape index (κ2) is 7.28. The minimum atomic E-state index is -2.91. The van der Waals surface area contributed by atoms with Crippen molar-refractivity contribution in [3.63, 3.8) is 0 Å². The first-order valence-corrected chi connectivity index (χ1v) is 10.7. The Hall–Kier alpha value is -1.32. The van der Waals surface area contributed by atoms with Crippen LogP contribution in [0.2, 0.25) is 0 Å². The van der Waals surface area contributed by atoms with Crippen LogP contribution in [0.15, 0.2) is 6.20 Å². The van der Waals surface area contributed by atoms with E-state index in [9.17, 15) is 8.42 Å². The zero-order valence-corrected chi connectivity index (χ0v) is 15.3. The summed E-state index contributed by atoms with van der Waals surface area (Å²) >= 11 is 0. The maximum absolute atomic E-state index is 11.8. The minimum absolute atomic E-state index is 0.0328. The van der Waals surface area contributed by atoms with Crippen LogP contribution in [-0.4, -0.2) is 47.2 Å². The minimum Gasteiger partial charge on any atom is -0.284 e. The predicted molar refractivity (Wildman–Crippen MR) is 95.3 cm³/mol. The van der Waals surface area contributed by atoms with Gasteiger partial charge in [-0.2, -0.15) is 5.10 Å². The molecule has 5 nitrogen and oxygen atoms in total. The van der Waals surface area contributed by atoms with E-state index in [0.29, 0.717) is 25.4 Å². The summed E-state index contributed by atoms with van der Waals surface area (Å²) in [6, 6.07) is 0.0328. The lowest BCUT2D eigenvalue weighted by molar-refractivity contribution is 0.229. The maximum atomic E-state index is 11.8. The molecule has 2 fully saturated rings. The highest BCUT2D eigenvalue weighted by molar-refractivity contribution is 7.91. The van der Waals surface area contributed by atoms with Gasteiger partial charge < -0.3 is 0 Å². The summed E-state index contributed by atoms with van der Waals surface area (Å²) in [6.45, 7) is 1.18. The number of rotatable bonds is 5. The first-order valence-electron chi connectivity index (χ1n) is 8.89. The Morgan fingerprint density at radius 2 is 2.08 bits per heavy atom. The summed E-state index contributed by atoms with van der Waals surface area (Å²) in [5.41, 5.74) is 2.41. The molecule has 6 heteroatoms. The molecule has 1 aromatic heterocycles. The third-order valence-corrected chi connectivity index (χ3v) is 7.07. The van der Waals surface area contributed by atoms with Crippen LogP contribution >= 0.6 is 0 Å². The normalized spacial score (nSPS) is 24.3. The van der Waals surface area contributed by atoms with E-state index in [1.165, 1.54) is 43.4 Å². The Balaban J connectivity index is 1.78. The second-order valence-electron chi connectivity index (χ2n) is 7.21. The molecule has 1 unspecified atom stereocenters. The van der Waals surface area contributed by atoms with E-state index >= 15 is 0 Å². The summed E-state index contributed by atoms with van der Waals surface area (Å²) in [4.78, 5) is 2.15. The SMILES string of the molecule is C#CCN(Cc1cn(C)nc1C1CCCCC1)C1CCS(=O)(=O)C1. The van der Waals surface area contributed by atoms with Crippen LogP contribution in [0, 0.1) is 12.3 Å². The number of aromatic nitrogens is 2. The zero-order chi connectivity index (χ0) is 17.2. The molecule has 2 aliphatic rings. The van der Waals surface area contributed by atoms with E-state index in [1.807, 2.05) is 11.7 Å². The Morgan fingerprint density at radius 3 is 2.71 bits per heavy atom. The van der Waals surface area contributed by atoms with Gasteiger partial charge in [-0.15, -0.1) is 6.42 Å². The van der Waals surface area contributed by atoms with Gasteiger partial charge in [-0.1, -0.05) is 25.2 Å². The predicted octanol–water partition coefficient (Wildman–Crippen LogP) is 2.09. The molecular formula is C18H27N3O2S. The molecular weight excluding hydrogens is 322 g/mol. The summed E-state index contributed by atoms with van der Waals surface area (Å²) in [7, 11) is -0.948. The maximum Gasteiger partial charge on any atom is 0.151 e. The molecule has 0 amide bonds. The summed E-state index contributed by atoms with van der Waals surface area (Å²) in [5, 5.41) is 4.72. The number of nitrogens with zero attached hydrogens (tertiary/aromatic N) is 3. The van der Waals surface area contributed by atoms with Crippen molar-refractivity contribution in [2.75, 3.05) is 18.1 Å². The average molecular weight is 350 g/mol. The molecule has 24 heavy (non-hydrogen) atoms. The quantitative estimate of drug-likeness (QED) is 0.764. The topological polar surface area (TPSA) is 55.2 Å². The molecule has 0 bridgehead atoms. The van der Waals surface area contributed by atoms with Crippen molar-refractivity contribution < 1.29 is 8.42 Å². The van der Waals surface area contributed by atoms with Crippen LogP contribution in [0.3, 0.4) is 0 Å². The Bertz CT molecular complexity index is 711. The van der Waals surface area contributed by atoms with Gasteiger partial charge in [-0.3, -0.25) is 9.58 Å². The molecule has 1 aromatic rings. The summed E-state index contributed by atoms with van der Waals surface area (Å²) < 4.78 is 25.5. The molecule has 132 valence electrons. The first-order chi connectivity index (χ1) is 11.5. The fraction of sp³-hybridized carbons (Fsp3) is 0.722. The highest BCUT2D eigenvalue weighted by Gasteiger charge is 2.33. The van der Waals surface area contributed by atoms with E-state index in [0.717, 1.165) is 0 Å². The van der Waals surface area contributed by atoms with Crippen molar-refractivity contribution >= 4 is 9.84 Å². The molecule has 1 atom stereocenters. The van der Waals surface area contributed by atoms with E-state index in [4.69, 9.17) is 11.5 Å². The highest BCUT2D eigenvalue weighted by atomic mass is 32.2. The van der Waals surface area contributed by atoms with E-state index in [1.54, 1.807) is 0 Å². The van der Waals surface area contributed by atoms with Gasteiger partial charge >= 0.3 is 0 Å². The van der Waals surface area contributed by atoms with Gasteiger partial charge in [-0.25, -0.2) is 8.42 Å². The number of aryl methyl sites for hydroxylation is 1. The van der Waals surface area contributed by atoms with Crippen LogP contribution in [0.25, 0.3) is 0 Å². The smallest absolute Gasteiger partial charge is 0.151 e. The van der Waals surface area contributed by atoms with Gasteiger partial charge in [0.25, 0.3) is 0 Å². The lowest BCUT2D eigenvalue weighted by Crippen LogP contribution is -2.36. The molecule has 1 saturated heterocycles. The van der Waals surface area contributed by atoms with Crippen LogP contribution < -0.4 is 0 Å². The lowest BCUT2D eigenvalue weighted by Gasteiger charge is -2.27. The average Bonchev–Trinajstić information content (AvgIpc) is 3.10. The van der Waals surface area contributed by atoms with Crippen LogP contribution in [0.5, 0.6) is 0 Å². The van der Waals surface area contributed by atoms with Crippen molar-refractivity contribution in [3.05, 3.63) is 17.5 Å². The molecule has 1 aliphatic heterocycles.